The summed E-state index contributed by atoms with van der Waals surface area (Å²) in [7, 11) is 0. The van der Waals surface area contributed by atoms with Crippen molar-refractivity contribution in [1.29, 1.82) is 0 Å². The molecule has 0 unspecified atom stereocenters. The fourth-order valence-electron chi connectivity index (χ4n) is 4.18. The van der Waals surface area contributed by atoms with Crippen LogP contribution < -0.4 is 5.63 Å². The van der Waals surface area contributed by atoms with E-state index in [0.717, 1.165) is 16.0 Å². The number of hydrogen-bond donors (Lipinski definition) is 0. The van der Waals surface area contributed by atoms with Gasteiger partial charge >= 0.3 is 11.6 Å². The molecule has 0 spiro atoms. The van der Waals surface area contributed by atoms with Gasteiger partial charge in [-0.15, -0.1) is 0 Å². The largest absolute Gasteiger partial charge is 0.459 e. The third-order valence-corrected chi connectivity index (χ3v) is 6.08. The van der Waals surface area contributed by atoms with Crippen molar-refractivity contribution in [3.63, 3.8) is 0 Å². The van der Waals surface area contributed by atoms with Crippen LogP contribution in [0, 0.1) is 25.7 Å². The van der Waals surface area contributed by atoms with Gasteiger partial charge in [-0.1, -0.05) is 12.2 Å². The number of amides is 2. The molecular weight excluding hydrogens is 386 g/mol. The van der Waals surface area contributed by atoms with Gasteiger partial charge in [0.05, 0.1) is 11.8 Å². The molecule has 7 nitrogen and oxygen atoms in total. The maximum absolute atomic E-state index is 12.7. The van der Waals surface area contributed by atoms with Crippen molar-refractivity contribution < 1.29 is 23.5 Å². The summed E-state index contributed by atoms with van der Waals surface area (Å²) >= 11 is 0. The zero-order valence-electron chi connectivity index (χ0n) is 17.1. The van der Waals surface area contributed by atoms with Crippen LogP contribution in [-0.2, 0) is 25.7 Å². The summed E-state index contributed by atoms with van der Waals surface area (Å²) in [4.78, 5) is 50.9. The van der Waals surface area contributed by atoms with Gasteiger partial charge in [-0.05, 0) is 56.9 Å². The molecule has 7 heteroatoms. The number of aryl methyl sites for hydroxylation is 2. The summed E-state index contributed by atoms with van der Waals surface area (Å²) in [6.45, 7) is 5.20. The van der Waals surface area contributed by atoms with E-state index in [1.165, 1.54) is 13.0 Å². The van der Waals surface area contributed by atoms with E-state index in [0.29, 0.717) is 29.4 Å². The first-order valence-electron chi connectivity index (χ1n) is 10.0. The predicted molar refractivity (Wildman–Crippen MR) is 108 cm³/mol. The molecule has 2 aliphatic rings. The number of nitrogens with zero attached hydrogens (tertiary/aromatic N) is 1. The number of likely N-dealkylation sites (tertiary alicyclic amines) is 1. The van der Waals surface area contributed by atoms with E-state index in [2.05, 4.69) is 0 Å². The van der Waals surface area contributed by atoms with E-state index in [9.17, 15) is 19.2 Å². The minimum absolute atomic E-state index is 0.154. The number of carbonyl (C=O) groups is 3. The number of benzene rings is 1. The Hall–Kier alpha value is -3.22. The number of ether oxygens (including phenoxy) is 1. The topological polar surface area (TPSA) is 93.9 Å². The molecule has 1 aromatic heterocycles. The first-order valence-corrected chi connectivity index (χ1v) is 10.0. The number of fused-ring (bicyclic) bond motifs is 2. The zero-order chi connectivity index (χ0) is 21.6. The fourth-order valence-corrected chi connectivity index (χ4v) is 4.18. The molecule has 1 aliphatic carbocycles. The van der Waals surface area contributed by atoms with Crippen LogP contribution in [0.25, 0.3) is 11.0 Å². The number of imide groups is 1. The second kappa shape index (κ2) is 7.55. The van der Waals surface area contributed by atoms with E-state index in [1.807, 2.05) is 32.1 Å². The second-order valence-electron chi connectivity index (χ2n) is 8.01. The normalized spacial score (nSPS) is 21.8. The van der Waals surface area contributed by atoms with Crippen LogP contribution in [0.15, 0.2) is 39.6 Å². The van der Waals surface area contributed by atoms with Crippen molar-refractivity contribution in [3.8, 4) is 0 Å². The molecule has 0 N–H and O–H groups in total. The second-order valence-corrected chi connectivity index (χ2v) is 8.01. The van der Waals surface area contributed by atoms with Gasteiger partial charge in [0.2, 0.25) is 11.8 Å². The lowest BCUT2D eigenvalue weighted by Crippen LogP contribution is -2.44. The Labute approximate surface area is 173 Å². The predicted octanol–water partition coefficient (Wildman–Crippen LogP) is 2.79. The van der Waals surface area contributed by atoms with Crippen LogP contribution in [0.3, 0.4) is 0 Å². The first-order chi connectivity index (χ1) is 14.3. The Balaban J connectivity index is 1.53. The average Bonchev–Trinajstić information content (AvgIpc) is 2.97. The average molecular weight is 409 g/mol. The summed E-state index contributed by atoms with van der Waals surface area (Å²) in [6, 6.07) is 3.93. The third kappa shape index (κ3) is 3.34. The van der Waals surface area contributed by atoms with Gasteiger partial charge in [-0.2, -0.15) is 0 Å². The number of carbonyl (C=O) groups excluding carboxylic acids is 3. The Morgan fingerprint density at radius 3 is 2.30 bits per heavy atom. The van der Waals surface area contributed by atoms with Gasteiger partial charge in [-0.3, -0.25) is 14.5 Å². The van der Waals surface area contributed by atoms with Gasteiger partial charge in [-0.25, -0.2) is 9.59 Å². The molecule has 2 amide bonds. The summed E-state index contributed by atoms with van der Waals surface area (Å²) in [5, 5.41) is 0.684. The Bertz CT molecular complexity index is 1120. The highest BCUT2D eigenvalue weighted by Gasteiger charge is 2.50. The smallest absolute Gasteiger partial charge is 0.336 e. The lowest BCUT2D eigenvalue weighted by molar-refractivity contribution is -0.159. The van der Waals surface area contributed by atoms with E-state index in [-0.39, 0.29) is 18.4 Å². The van der Waals surface area contributed by atoms with Crippen molar-refractivity contribution in [2.75, 3.05) is 0 Å². The van der Waals surface area contributed by atoms with E-state index in [4.69, 9.17) is 9.15 Å². The number of allylic oxidation sites excluding steroid dienone is 2. The first kappa shape index (κ1) is 20.1. The number of esters is 1. The lowest BCUT2D eigenvalue weighted by atomic mass is 9.85. The summed E-state index contributed by atoms with van der Waals surface area (Å²) in [6.07, 6.45) is 4.82. The lowest BCUT2D eigenvalue weighted by Gasteiger charge is -2.21. The molecule has 4 rings (SSSR count). The van der Waals surface area contributed by atoms with Crippen molar-refractivity contribution in [3.05, 3.63) is 57.5 Å². The van der Waals surface area contributed by atoms with Crippen molar-refractivity contribution in [2.24, 2.45) is 11.8 Å². The molecular formula is C23H23NO6. The maximum Gasteiger partial charge on any atom is 0.336 e. The number of hydrogen-bond acceptors (Lipinski definition) is 6. The van der Waals surface area contributed by atoms with Crippen LogP contribution in [0.1, 0.15) is 36.5 Å². The fraction of sp³-hybridized carbons (Fsp3) is 0.391. The number of rotatable bonds is 4. The van der Waals surface area contributed by atoms with Crippen molar-refractivity contribution in [2.45, 2.75) is 46.3 Å². The highest BCUT2D eigenvalue weighted by atomic mass is 16.5. The molecule has 1 fully saturated rings. The van der Waals surface area contributed by atoms with Crippen molar-refractivity contribution in [1.82, 2.24) is 4.90 Å². The van der Waals surface area contributed by atoms with Crippen molar-refractivity contribution >= 4 is 28.8 Å². The molecule has 0 saturated carbocycles. The molecule has 2 heterocycles. The van der Waals surface area contributed by atoms with Gasteiger partial charge in [0.1, 0.15) is 18.2 Å². The van der Waals surface area contributed by atoms with Crippen LogP contribution >= 0.6 is 0 Å². The van der Waals surface area contributed by atoms with Crippen LogP contribution in [0.2, 0.25) is 0 Å². The van der Waals surface area contributed by atoms with Crippen LogP contribution in [0.4, 0.5) is 0 Å². The molecule has 1 aromatic carbocycles. The Kier molecular flexibility index (Phi) is 5.05. The van der Waals surface area contributed by atoms with Crippen LogP contribution in [-0.4, -0.2) is 28.7 Å². The highest BCUT2D eigenvalue weighted by Crippen LogP contribution is 2.36. The Morgan fingerprint density at radius 1 is 1.07 bits per heavy atom. The SMILES string of the molecule is Cc1cc2oc(=O)cc(COC(=O)[C@H](C)N3C(=O)[C@H]4CC=CC[C@H]4C3=O)c2cc1C. The third-order valence-electron chi connectivity index (χ3n) is 6.08. The molecule has 3 atom stereocenters. The summed E-state index contributed by atoms with van der Waals surface area (Å²) < 4.78 is 10.7. The summed E-state index contributed by atoms with van der Waals surface area (Å²) in [5.41, 5.74) is 2.40. The van der Waals surface area contributed by atoms with Crippen LogP contribution in [0.5, 0.6) is 0 Å². The molecule has 0 bridgehead atoms. The minimum Gasteiger partial charge on any atom is -0.459 e. The molecule has 2 aromatic rings. The van der Waals surface area contributed by atoms with Gasteiger partial charge in [0.15, 0.2) is 0 Å². The zero-order valence-corrected chi connectivity index (χ0v) is 17.1. The van der Waals surface area contributed by atoms with Gasteiger partial charge in [0.25, 0.3) is 0 Å². The monoisotopic (exact) mass is 409 g/mol. The van der Waals surface area contributed by atoms with E-state index < -0.39 is 29.5 Å². The standard InChI is InChI=1S/C23H23NO6/c1-12-8-18-15(10-20(25)30-19(18)9-13(12)2)11-29-23(28)14(3)24-21(26)16-6-4-5-7-17(16)22(24)27/h4-5,8-10,14,16-17H,6-7,11H2,1-3H3/t14-,16-,17+/m0/s1. The van der Waals surface area contributed by atoms with Gasteiger partial charge in [0, 0.05) is 17.0 Å². The summed E-state index contributed by atoms with van der Waals surface area (Å²) in [5.74, 6) is -2.13. The molecule has 0 radical (unpaired) electrons. The molecule has 156 valence electrons. The Morgan fingerprint density at radius 2 is 1.67 bits per heavy atom. The quantitative estimate of drug-likeness (QED) is 0.334. The highest BCUT2D eigenvalue weighted by molar-refractivity contribution is 6.08. The van der Waals surface area contributed by atoms with Gasteiger partial charge < -0.3 is 9.15 Å². The molecule has 30 heavy (non-hydrogen) atoms. The van der Waals surface area contributed by atoms with E-state index in [1.54, 1.807) is 6.07 Å². The molecule has 1 saturated heterocycles. The minimum atomic E-state index is -1.02. The maximum atomic E-state index is 12.7. The van der Waals surface area contributed by atoms with E-state index >= 15 is 0 Å². The molecule has 1 aliphatic heterocycles.